The summed E-state index contributed by atoms with van der Waals surface area (Å²) in [4.78, 5) is 0. The molecule has 0 radical (unpaired) electrons. The summed E-state index contributed by atoms with van der Waals surface area (Å²) >= 11 is 0. The molecule has 3 rings (SSSR count). The van der Waals surface area contributed by atoms with Gasteiger partial charge < -0.3 is 9.30 Å². The van der Waals surface area contributed by atoms with Crippen LogP contribution in [0.5, 0.6) is 5.75 Å². The maximum absolute atomic E-state index is 14.2. The average Bonchev–Trinajstić information content (AvgIpc) is 2.97. The number of nitrogens with zero attached hydrogens (tertiary/aromatic N) is 1. The first-order valence-electron chi connectivity index (χ1n) is 8.70. The van der Waals surface area contributed by atoms with Gasteiger partial charge in [-0.05, 0) is 30.5 Å². The lowest BCUT2D eigenvalue weighted by atomic mass is 10.1. The molecule has 0 unspecified atom stereocenters. The number of halogens is 1. The summed E-state index contributed by atoms with van der Waals surface area (Å²) in [6, 6.07) is 12.5. The Morgan fingerprint density at radius 2 is 1.89 bits per heavy atom. The van der Waals surface area contributed by atoms with Gasteiger partial charge in [0.1, 0.15) is 18.2 Å². The first-order valence-corrected chi connectivity index (χ1v) is 10.5. The van der Waals surface area contributed by atoms with Crippen molar-refractivity contribution in [2.24, 2.45) is 0 Å². The molecule has 7 heteroatoms. The van der Waals surface area contributed by atoms with E-state index in [1.165, 1.54) is 12.1 Å². The zero-order valence-corrected chi connectivity index (χ0v) is 16.1. The molecule has 0 aliphatic heterocycles. The summed E-state index contributed by atoms with van der Waals surface area (Å²) in [6.07, 6.45) is 3.29. The van der Waals surface area contributed by atoms with E-state index >= 15 is 0 Å². The zero-order valence-electron chi connectivity index (χ0n) is 15.3. The van der Waals surface area contributed by atoms with Crippen molar-refractivity contribution < 1.29 is 21.7 Å². The summed E-state index contributed by atoms with van der Waals surface area (Å²) < 4.78 is 49.3. The number of aryl methyl sites for hydroxylation is 1. The smallest absolute Gasteiger partial charge is 0.264 e. The van der Waals surface area contributed by atoms with Gasteiger partial charge in [0.05, 0.1) is 18.4 Å². The molecule has 0 spiro atoms. The molecule has 0 saturated heterocycles. The van der Waals surface area contributed by atoms with Crippen LogP contribution >= 0.6 is 0 Å². The summed E-state index contributed by atoms with van der Waals surface area (Å²) in [5.41, 5.74) is 2.56. The molecule has 27 heavy (non-hydrogen) atoms. The van der Waals surface area contributed by atoms with Crippen molar-refractivity contribution in [3.8, 4) is 5.75 Å². The Bertz CT molecular complexity index is 1030. The second-order valence-electron chi connectivity index (χ2n) is 6.29. The van der Waals surface area contributed by atoms with E-state index in [2.05, 4.69) is 0 Å². The van der Waals surface area contributed by atoms with Gasteiger partial charge >= 0.3 is 0 Å². The Kier molecular flexibility index (Phi) is 5.82. The Morgan fingerprint density at radius 3 is 2.56 bits per heavy atom. The molecule has 0 aliphatic rings. The van der Waals surface area contributed by atoms with Crippen LogP contribution in [0.3, 0.4) is 0 Å². The summed E-state index contributed by atoms with van der Waals surface area (Å²) in [5.74, 6) is 0.0627. The van der Waals surface area contributed by atoms with Crippen molar-refractivity contribution in [3.63, 3.8) is 0 Å². The molecule has 5 nitrogen and oxygen atoms in total. The van der Waals surface area contributed by atoms with Crippen LogP contribution < -0.4 is 4.74 Å². The van der Waals surface area contributed by atoms with E-state index in [-0.39, 0.29) is 12.4 Å². The standard InChI is InChI=1S/C20H22FNO4S/c1-3-22-13-16(9-10-26-27(2,23)24)20-18(22)11-17(21)12-19(20)25-14-15-7-5-4-6-8-15/h4-8,11-13H,3,9-10,14H2,1-2H3. The number of rotatable bonds is 8. The molecule has 1 aromatic heterocycles. The fraction of sp³-hybridized carbons (Fsp3) is 0.300. The van der Waals surface area contributed by atoms with Gasteiger partial charge in [-0.25, -0.2) is 4.39 Å². The second kappa shape index (κ2) is 8.10. The molecular weight excluding hydrogens is 369 g/mol. The number of hydrogen-bond acceptors (Lipinski definition) is 4. The molecule has 3 aromatic rings. The zero-order chi connectivity index (χ0) is 19.4. The van der Waals surface area contributed by atoms with Gasteiger partial charge in [0, 0.05) is 24.2 Å². The molecule has 144 valence electrons. The van der Waals surface area contributed by atoms with E-state index in [1.54, 1.807) is 0 Å². The predicted octanol–water partition coefficient (Wildman–Crippen LogP) is 3.90. The highest BCUT2D eigenvalue weighted by Gasteiger charge is 2.16. The van der Waals surface area contributed by atoms with Crippen molar-refractivity contribution >= 4 is 21.0 Å². The summed E-state index contributed by atoms with van der Waals surface area (Å²) in [6.45, 7) is 2.96. The fourth-order valence-electron chi connectivity index (χ4n) is 3.04. The summed E-state index contributed by atoms with van der Waals surface area (Å²) in [5, 5.41) is 0.784. The number of hydrogen-bond donors (Lipinski definition) is 0. The molecule has 0 fully saturated rings. The van der Waals surface area contributed by atoms with E-state index in [0.29, 0.717) is 25.3 Å². The van der Waals surface area contributed by atoms with Gasteiger partial charge in [0.2, 0.25) is 0 Å². The minimum Gasteiger partial charge on any atom is -0.488 e. The quantitative estimate of drug-likeness (QED) is 0.547. The van der Waals surface area contributed by atoms with Crippen molar-refractivity contribution in [1.29, 1.82) is 0 Å². The SMILES string of the molecule is CCn1cc(CCOS(C)(=O)=O)c2c(OCc3ccccc3)cc(F)cc21. The van der Waals surface area contributed by atoms with Crippen LogP contribution in [0.1, 0.15) is 18.1 Å². The molecule has 0 aliphatic carbocycles. The topological polar surface area (TPSA) is 57.5 Å². The average molecular weight is 391 g/mol. The predicted molar refractivity (Wildman–Crippen MR) is 103 cm³/mol. The van der Waals surface area contributed by atoms with E-state index in [1.807, 2.05) is 48.0 Å². The highest BCUT2D eigenvalue weighted by molar-refractivity contribution is 7.85. The fourth-order valence-corrected chi connectivity index (χ4v) is 3.43. The molecule has 0 N–H and O–H groups in total. The lowest BCUT2D eigenvalue weighted by molar-refractivity contribution is 0.308. The lowest BCUT2D eigenvalue weighted by Gasteiger charge is -2.10. The molecule has 0 bridgehead atoms. The number of benzene rings is 2. The van der Waals surface area contributed by atoms with Crippen LogP contribution in [0.2, 0.25) is 0 Å². The first-order chi connectivity index (χ1) is 12.9. The van der Waals surface area contributed by atoms with E-state index in [4.69, 9.17) is 8.92 Å². The third kappa shape index (κ3) is 4.87. The van der Waals surface area contributed by atoms with Crippen LogP contribution in [0.25, 0.3) is 10.9 Å². The highest BCUT2D eigenvalue weighted by Crippen LogP contribution is 2.33. The van der Waals surface area contributed by atoms with Gasteiger partial charge in [-0.3, -0.25) is 4.18 Å². The lowest BCUT2D eigenvalue weighted by Crippen LogP contribution is -2.06. The normalized spacial score (nSPS) is 11.8. The number of fused-ring (bicyclic) bond motifs is 1. The van der Waals surface area contributed by atoms with E-state index in [0.717, 1.165) is 28.3 Å². The molecule has 0 atom stereocenters. The van der Waals surface area contributed by atoms with Gasteiger partial charge in [0.15, 0.2) is 0 Å². The van der Waals surface area contributed by atoms with Gasteiger partial charge in [0.25, 0.3) is 10.1 Å². The summed E-state index contributed by atoms with van der Waals surface area (Å²) in [7, 11) is -3.51. The van der Waals surface area contributed by atoms with Crippen molar-refractivity contribution in [2.45, 2.75) is 26.5 Å². The third-order valence-electron chi connectivity index (χ3n) is 4.24. The van der Waals surface area contributed by atoms with Crippen molar-refractivity contribution in [2.75, 3.05) is 12.9 Å². The monoisotopic (exact) mass is 391 g/mol. The molecule has 2 aromatic carbocycles. The van der Waals surface area contributed by atoms with Gasteiger partial charge in [-0.15, -0.1) is 0 Å². The molecular formula is C20H22FNO4S. The van der Waals surface area contributed by atoms with Crippen LogP contribution in [0.15, 0.2) is 48.7 Å². The minimum atomic E-state index is -3.51. The van der Waals surface area contributed by atoms with E-state index in [9.17, 15) is 12.8 Å². The third-order valence-corrected chi connectivity index (χ3v) is 4.83. The van der Waals surface area contributed by atoms with Crippen LogP contribution in [-0.4, -0.2) is 25.8 Å². The minimum absolute atomic E-state index is 0.0250. The van der Waals surface area contributed by atoms with Crippen LogP contribution in [-0.2, 0) is 33.9 Å². The highest BCUT2D eigenvalue weighted by atomic mass is 32.2. The Balaban J connectivity index is 1.94. The maximum atomic E-state index is 14.2. The number of aromatic nitrogens is 1. The van der Waals surface area contributed by atoms with Crippen molar-refractivity contribution in [1.82, 2.24) is 4.57 Å². The van der Waals surface area contributed by atoms with Gasteiger partial charge in [-0.1, -0.05) is 30.3 Å². The Labute approximate surface area is 158 Å². The maximum Gasteiger partial charge on any atom is 0.264 e. The Morgan fingerprint density at radius 1 is 1.15 bits per heavy atom. The molecule has 0 saturated carbocycles. The second-order valence-corrected chi connectivity index (χ2v) is 7.93. The largest absolute Gasteiger partial charge is 0.488 e. The van der Waals surface area contributed by atoms with Crippen LogP contribution in [0, 0.1) is 5.82 Å². The van der Waals surface area contributed by atoms with Crippen LogP contribution in [0.4, 0.5) is 4.39 Å². The first kappa shape index (κ1) is 19.4. The molecule has 0 amide bonds. The van der Waals surface area contributed by atoms with Crippen molar-refractivity contribution in [3.05, 3.63) is 65.6 Å². The van der Waals surface area contributed by atoms with Gasteiger partial charge in [-0.2, -0.15) is 8.42 Å². The molecule has 1 heterocycles. The van der Waals surface area contributed by atoms with E-state index < -0.39 is 10.1 Å². The Hall–Kier alpha value is -2.38. The number of ether oxygens (including phenoxy) is 1.